The number of carbonyl (C=O) groups is 1. The van der Waals surface area contributed by atoms with Crippen LogP contribution >= 0.6 is 22.9 Å². The summed E-state index contributed by atoms with van der Waals surface area (Å²) in [6.45, 7) is 8.58. The SMILES string of the molecule is C=CCn1c(C)c(/C=c2/sc3n(c2=O)C(c2ccc(Cl)cc2)C(C(=O)OCC)=C(c2ccccc2)N=3)c2ccccc21. The zero-order chi connectivity index (χ0) is 29.4. The molecule has 0 fully saturated rings. The van der Waals surface area contributed by atoms with Crippen LogP contribution in [-0.4, -0.2) is 21.7 Å². The first-order valence-electron chi connectivity index (χ1n) is 13.7. The summed E-state index contributed by atoms with van der Waals surface area (Å²) in [6, 6.07) is 24.1. The molecule has 0 aliphatic carbocycles. The van der Waals surface area contributed by atoms with Gasteiger partial charge in [-0.3, -0.25) is 9.36 Å². The molecule has 1 unspecified atom stereocenters. The lowest BCUT2D eigenvalue weighted by atomic mass is 9.93. The van der Waals surface area contributed by atoms with Crippen LogP contribution in [0.15, 0.2) is 107 Å². The number of hydrogen-bond acceptors (Lipinski definition) is 5. The van der Waals surface area contributed by atoms with E-state index < -0.39 is 12.0 Å². The first kappa shape index (κ1) is 27.7. The molecular weight excluding hydrogens is 566 g/mol. The Balaban J connectivity index is 1.66. The van der Waals surface area contributed by atoms with Crippen molar-refractivity contribution in [2.75, 3.05) is 6.61 Å². The van der Waals surface area contributed by atoms with Gasteiger partial charge in [-0.2, -0.15) is 0 Å². The number of rotatable bonds is 7. The van der Waals surface area contributed by atoms with Gasteiger partial charge in [0, 0.05) is 39.3 Å². The molecule has 1 aliphatic heterocycles. The Labute approximate surface area is 251 Å². The Morgan fingerprint density at radius 1 is 1.07 bits per heavy atom. The van der Waals surface area contributed by atoms with Crippen molar-refractivity contribution in [1.29, 1.82) is 0 Å². The Bertz CT molecular complexity index is 2050. The molecule has 5 aromatic rings. The lowest BCUT2D eigenvalue weighted by Crippen LogP contribution is -2.40. The van der Waals surface area contributed by atoms with Gasteiger partial charge in [0.15, 0.2) is 4.80 Å². The number of benzene rings is 3. The predicted molar refractivity (Wildman–Crippen MR) is 169 cm³/mol. The van der Waals surface area contributed by atoms with Crippen LogP contribution in [0.1, 0.15) is 35.3 Å². The molecule has 210 valence electrons. The van der Waals surface area contributed by atoms with E-state index in [1.165, 1.54) is 11.3 Å². The standard InChI is InChI=1S/C34H28ClN3O3S/c1-4-19-37-21(3)26(25-13-9-10-14-27(25)37)20-28-32(39)38-31(23-15-17-24(35)18-16-23)29(33(40)41-5-2)30(36-34(38)42-28)22-11-7-6-8-12-22/h4,6-18,20,31H,1,5,19H2,2-3H3/b28-20+. The van der Waals surface area contributed by atoms with Gasteiger partial charge in [0.25, 0.3) is 5.56 Å². The maximum Gasteiger partial charge on any atom is 0.338 e. The van der Waals surface area contributed by atoms with Crippen LogP contribution in [0, 0.1) is 6.92 Å². The van der Waals surface area contributed by atoms with E-state index in [0.29, 0.717) is 32.2 Å². The normalized spacial score (nSPS) is 15.0. The molecule has 6 rings (SSSR count). The van der Waals surface area contributed by atoms with Crippen molar-refractivity contribution in [2.45, 2.75) is 26.4 Å². The number of allylic oxidation sites excluding steroid dienone is 1. The minimum absolute atomic E-state index is 0.191. The smallest absolute Gasteiger partial charge is 0.338 e. The van der Waals surface area contributed by atoms with E-state index in [1.54, 1.807) is 23.6 Å². The average molecular weight is 594 g/mol. The summed E-state index contributed by atoms with van der Waals surface area (Å²) in [5, 5.41) is 1.61. The molecule has 0 bridgehead atoms. The largest absolute Gasteiger partial charge is 0.463 e. The van der Waals surface area contributed by atoms with Gasteiger partial charge >= 0.3 is 5.97 Å². The molecule has 0 radical (unpaired) electrons. The van der Waals surface area contributed by atoms with Crippen LogP contribution in [-0.2, 0) is 16.1 Å². The van der Waals surface area contributed by atoms with Crippen LogP contribution < -0.4 is 14.9 Å². The van der Waals surface area contributed by atoms with Gasteiger partial charge in [0.2, 0.25) is 0 Å². The number of hydrogen-bond donors (Lipinski definition) is 0. The highest BCUT2D eigenvalue weighted by molar-refractivity contribution is 7.07. The Hall–Kier alpha value is -4.46. The van der Waals surface area contributed by atoms with Crippen LogP contribution in [0.2, 0.25) is 5.02 Å². The van der Waals surface area contributed by atoms with E-state index in [-0.39, 0.29) is 12.2 Å². The average Bonchev–Trinajstić information content (AvgIpc) is 3.46. The van der Waals surface area contributed by atoms with Gasteiger partial charge in [-0.25, -0.2) is 9.79 Å². The summed E-state index contributed by atoms with van der Waals surface area (Å²) in [4.78, 5) is 33.3. The van der Waals surface area contributed by atoms with Crippen LogP contribution in [0.25, 0.3) is 22.7 Å². The lowest BCUT2D eigenvalue weighted by molar-refractivity contribution is -0.138. The number of halogens is 1. The molecule has 2 aromatic heterocycles. The van der Waals surface area contributed by atoms with Gasteiger partial charge in [-0.1, -0.05) is 89.7 Å². The Morgan fingerprint density at radius 3 is 2.50 bits per heavy atom. The molecule has 8 heteroatoms. The first-order chi connectivity index (χ1) is 20.4. The summed E-state index contributed by atoms with van der Waals surface area (Å²) >= 11 is 7.55. The van der Waals surface area contributed by atoms with Crippen molar-refractivity contribution < 1.29 is 9.53 Å². The van der Waals surface area contributed by atoms with Crippen molar-refractivity contribution in [3.63, 3.8) is 0 Å². The third kappa shape index (κ3) is 4.74. The second kappa shape index (κ2) is 11.4. The maximum atomic E-state index is 14.3. The van der Waals surface area contributed by atoms with Crippen LogP contribution in [0.5, 0.6) is 0 Å². The number of fused-ring (bicyclic) bond motifs is 2. The summed E-state index contributed by atoms with van der Waals surface area (Å²) in [7, 11) is 0. The van der Waals surface area contributed by atoms with Gasteiger partial charge in [0.05, 0.1) is 28.5 Å². The van der Waals surface area contributed by atoms with Crippen LogP contribution in [0.4, 0.5) is 0 Å². The lowest BCUT2D eigenvalue weighted by Gasteiger charge is -2.25. The molecule has 42 heavy (non-hydrogen) atoms. The second-order valence-electron chi connectivity index (χ2n) is 9.90. The fourth-order valence-corrected chi connectivity index (χ4v) is 6.64. The maximum absolute atomic E-state index is 14.3. The topological polar surface area (TPSA) is 65.6 Å². The molecule has 3 aromatic carbocycles. The third-order valence-electron chi connectivity index (χ3n) is 7.43. The Kier molecular flexibility index (Phi) is 7.54. The summed E-state index contributed by atoms with van der Waals surface area (Å²) in [5.74, 6) is -0.516. The highest BCUT2D eigenvalue weighted by Crippen LogP contribution is 2.35. The van der Waals surface area contributed by atoms with Crippen LogP contribution in [0.3, 0.4) is 0 Å². The van der Waals surface area contributed by atoms with Gasteiger partial charge < -0.3 is 9.30 Å². The van der Waals surface area contributed by atoms with Gasteiger partial charge in [-0.05, 0) is 43.7 Å². The van der Waals surface area contributed by atoms with E-state index in [2.05, 4.69) is 30.2 Å². The molecule has 6 nitrogen and oxygen atoms in total. The number of thiazole rings is 1. The van der Waals surface area contributed by atoms with Crippen molar-refractivity contribution in [3.05, 3.63) is 144 Å². The number of nitrogens with zero attached hydrogens (tertiary/aromatic N) is 3. The number of para-hydroxylation sites is 1. The van der Waals surface area contributed by atoms with E-state index in [1.807, 2.05) is 66.7 Å². The molecular formula is C34H28ClN3O3S. The fraction of sp³-hybridized carbons (Fsp3) is 0.147. The first-order valence-corrected chi connectivity index (χ1v) is 14.8. The fourth-order valence-electron chi connectivity index (χ4n) is 5.54. The minimum Gasteiger partial charge on any atom is -0.463 e. The van der Waals surface area contributed by atoms with Gasteiger partial charge in [0.1, 0.15) is 0 Å². The highest BCUT2D eigenvalue weighted by Gasteiger charge is 2.35. The number of carbonyl (C=O) groups excluding carboxylic acids is 1. The molecule has 3 heterocycles. The molecule has 0 N–H and O–H groups in total. The molecule has 0 spiro atoms. The highest BCUT2D eigenvalue weighted by atomic mass is 35.5. The molecule has 1 aliphatic rings. The van der Waals surface area contributed by atoms with E-state index >= 15 is 0 Å². The van der Waals surface area contributed by atoms with Crippen molar-refractivity contribution in [2.24, 2.45) is 4.99 Å². The summed E-state index contributed by atoms with van der Waals surface area (Å²) in [6.07, 6.45) is 3.81. The van der Waals surface area contributed by atoms with Crippen molar-refractivity contribution in [1.82, 2.24) is 9.13 Å². The minimum atomic E-state index is -0.752. The van der Waals surface area contributed by atoms with E-state index in [4.69, 9.17) is 21.3 Å². The monoisotopic (exact) mass is 593 g/mol. The molecule has 0 saturated heterocycles. The summed E-state index contributed by atoms with van der Waals surface area (Å²) in [5.41, 5.74) is 5.14. The number of ether oxygens (including phenoxy) is 1. The number of esters is 1. The zero-order valence-corrected chi connectivity index (χ0v) is 24.8. The number of aromatic nitrogens is 2. The molecule has 1 atom stereocenters. The quantitative estimate of drug-likeness (QED) is 0.171. The third-order valence-corrected chi connectivity index (χ3v) is 8.66. The second-order valence-corrected chi connectivity index (χ2v) is 11.3. The predicted octanol–water partition coefficient (Wildman–Crippen LogP) is 6.04. The molecule has 0 saturated carbocycles. The summed E-state index contributed by atoms with van der Waals surface area (Å²) < 4.78 is 9.86. The Morgan fingerprint density at radius 2 is 1.79 bits per heavy atom. The molecule has 0 amide bonds. The van der Waals surface area contributed by atoms with Gasteiger partial charge in [-0.15, -0.1) is 6.58 Å². The van der Waals surface area contributed by atoms with Crippen molar-refractivity contribution >= 4 is 51.6 Å². The van der Waals surface area contributed by atoms with Crippen molar-refractivity contribution in [3.8, 4) is 0 Å². The zero-order valence-electron chi connectivity index (χ0n) is 23.2. The van der Waals surface area contributed by atoms with E-state index in [0.717, 1.165) is 33.3 Å². The van der Waals surface area contributed by atoms with E-state index in [9.17, 15) is 9.59 Å².